The number of nitrogens with one attached hydrogen (secondary N) is 1. The molecule has 1 spiro atoms. The minimum absolute atomic E-state index is 0.0387. The Balaban J connectivity index is 1.30. The van der Waals surface area contributed by atoms with E-state index in [0.717, 1.165) is 45.1 Å². The van der Waals surface area contributed by atoms with E-state index >= 15 is 0 Å². The van der Waals surface area contributed by atoms with Gasteiger partial charge in [0.2, 0.25) is 0 Å². The van der Waals surface area contributed by atoms with E-state index in [0.29, 0.717) is 17.1 Å². The van der Waals surface area contributed by atoms with Crippen molar-refractivity contribution >= 4 is 21.5 Å². The van der Waals surface area contributed by atoms with Gasteiger partial charge in [0.15, 0.2) is 0 Å². The Kier molecular flexibility index (Phi) is 5.33. The van der Waals surface area contributed by atoms with Crippen molar-refractivity contribution in [3.8, 4) is 21.1 Å². The van der Waals surface area contributed by atoms with Crippen LogP contribution in [0.25, 0.3) is 21.1 Å². The van der Waals surface area contributed by atoms with Gasteiger partial charge in [0, 0.05) is 24.5 Å². The predicted molar refractivity (Wildman–Crippen MR) is 127 cm³/mol. The van der Waals surface area contributed by atoms with Crippen molar-refractivity contribution in [3.05, 3.63) is 59.9 Å². The van der Waals surface area contributed by atoms with Crippen LogP contribution in [0.2, 0.25) is 0 Å². The number of alkyl halides is 3. The molecular weight excluding hydrogens is 497 g/mol. The van der Waals surface area contributed by atoms with E-state index in [2.05, 4.69) is 26.8 Å². The van der Waals surface area contributed by atoms with Crippen LogP contribution in [0.5, 0.6) is 0 Å². The van der Waals surface area contributed by atoms with Crippen LogP contribution in [-0.4, -0.2) is 47.5 Å². The molecule has 1 saturated carbocycles. The Morgan fingerprint density at radius 3 is 2.57 bits per heavy atom. The number of thiazole rings is 1. The second-order valence-corrected chi connectivity index (χ2v) is 12.3. The van der Waals surface area contributed by atoms with Gasteiger partial charge in [-0.2, -0.15) is 30.6 Å². The van der Waals surface area contributed by atoms with Crippen molar-refractivity contribution in [2.75, 3.05) is 13.1 Å². The molecular formula is C24H23F3N4O2S2. The van der Waals surface area contributed by atoms with Gasteiger partial charge in [0.05, 0.1) is 16.1 Å². The lowest BCUT2D eigenvalue weighted by molar-refractivity contribution is -0.136. The number of benzene rings is 1. The molecule has 6 nitrogen and oxygen atoms in total. The molecule has 2 aromatic heterocycles. The Hall–Kier alpha value is -2.34. The summed E-state index contributed by atoms with van der Waals surface area (Å²) in [6.07, 6.45) is 1.84. The van der Waals surface area contributed by atoms with E-state index in [4.69, 9.17) is 0 Å². The van der Waals surface area contributed by atoms with Crippen LogP contribution in [0.4, 0.5) is 13.2 Å². The van der Waals surface area contributed by atoms with Crippen LogP contribution in [0.3, 0.4) is 0 Å². The van der Waals surface area contributed by atoms with E-state index in [9.17, 15) is 21.6 Å². The molecule has 3 heterocycles. The van der Waals surface area contributed by atoms with Gasteiger partial charge in [-0.1, -0.05) is 18.2 Å². The van der Waals surface area contributed by atoms with E-state index in [-0.39, 0.29) is 18.4 Å². The maximum absolute atomic E-state index is 13.1. The average Bonchev–Trinajstić information content (AvgIpc) is 3.43. The standard InChI is InChI=1S/C24H23F3N4O2S2/c25-24(26,27)14-31-13-23(30-35(31,32)33)18-6-7-19(23)11-17-9-16(5-4-15(17)10-18)22-29-12-21(34-22)20-3-1-2-8-28-20/h1-5,8-9,12,18-19,30H,6-7,10-11,13-14H2. The van der Waals surface area contributed by atoms with E-state index in [1.165, 1.54) is 0 Å². The molecule has 2 fully saturated rings. The van der Waals surface area contributed by atoms with Crippen molar-refractivity contribution < 1.29 is 21.6 Å². The molecule has 1 aromatic carbocycles. The first-order valence-corrected chi connectivity index (χ1v) is 13.7. The zero-order valence-corrected chi connectivity index (χ0v) is 20.3. The molecule has 3 atom stereocenters. The summed E-state index contributed by atoms with van der Waals surface area (Å²) in [7, 11) is -4.18. The monoisotopic (exact) mass is 520 g/mol. The minimum Gasteiger partial charge on any atom is -0.255 e. The van der Waals surface area contributed by atoms with Gasteiger partial charge in [-0.05, 0) is 66.8 Å². The number of rotatable bonds is 3. The molecule has 0 radical (unpaired) electrons. The summed E-state index contributed by atoms with van der Waals surface area (Å²) in [6.45, 7) is -1.59. The van der Waals surface area contributed by atoms with Gasteiger partial charge in [-0.15, -0.1) is 11.3 Å². The first kappa shape index (κ1) is 23.1. The smallest absolute Gasteiger partial charge is 0.255 e. The molecule has 3 aliphatic rings. The van der Waals surface area contributed by atoms with Gasteiger partial charge in [0.1, 0.15) is 11.6 Å². The largest absolute Gasteiger partial charge is 0.402 e. The fraction of sp³-hybridized carbons (Fsp3) is 0.417. The summed E-state index contributed by atoms with van der Waals surface area (Å²) in [5.74, 6) is -0.0967. The third-order valence-corrected chi connectivity index (χ3v) is 10.2. The van der Waals surface area contributed by atoms with Gasteiger partial charge in [-0.3, -0.25) is 4.98 Å². The van der Waals surface area contributed by atoms with Crippen molar-refractivity contribution in [2.45, 2.75) is 37.4 Å². The van der Waals surface area contributed by atoms with Crippen LogP contribution in [0, 0.1) is 11.8 Å². The molecule has 1 N–H and O–H groups in total. The zero-order chi connectivity index (χ0) is 24.4. The molecule has 184 valence electrons. The highest BCUT2D eigenvalue weighted by molar-refractivity contribution is 7.87. The lowest BCUT2D eigenvalue weighted by atomic mass is 9.79. The molecule has 0 amide bonds. The highest BCUT2D eigenvalue weighted by atomic mass is 32.2. The molecule has 6 rings (SSSR count). The molecule has 11 heteroatoms. The number of pyridine rings is 1. The average molecular weight is 521 g/mol. The second-order valence-electron chi connectivity index (χ2n) is 9.64. The van der Waals surface area contributed by atoms with Crippen molar-refractivity contribution in [1.82, 2.24) is 19.0 Å². The molecule has 3 unspecified atom stereocenters. The number of halogens is 3. The number of hydrogen-bond acceptors (Lipinski definition) is 5. The molecule has 1 aliphatic heterocycles. The fourth-order valence-corrected chi connectivity index (χ4v) is 8.61. The highest BCUT2D eigenvalue weighted by Crippen LogP contribution is 2.51. The Labute approximate surface area is 205 Å². The zero-order valence-electron chi connectivity index (χ0n) is 18.6. The number of nitrogens with zero attached hydrogens (tertiary/aromatic N) is 3. The lowest BCUT2D eigenvalue weighted by Gasteiger charge is -2.33. The molecule has 1 saturated heterocycles. The van der Waals surface area contributed by atoms with Gasteiger partial charge >= 0.3 is 6.18 Å². The van der Waals surface area contributed by atoms with Crippen LogP contribution < -0.4 is 4.72 Å². The molecule has 2 bridgehead atoms. The fourth-order valence-electron chi connectivity index (χ4n) is 6.01. The first-order chi connectivity index (χ1) is 16.6. The Bertz CT molecular complexity index is 1380. The van der Waals surface area contributed by atoms with Crippen molar-refractivity contribution in [1.29, 1.82) is 0 Å². The Morgan fingerprint density at radius 2 is 1.86 bits per heavy atom. The molecule has 35 heavy (non-hydrogen) atoms. The van der Waals surface area contributed by atoms with Gasteiger partial charge in [-0.25, -0.2) is 4.98 Å². The maximum Gasteiger partial charge on any atom is 0.402 e. The van der Waals surface area contributed by atoms with Crippen LogP contribution in [-0.2, 0) is 23.1 Å². The molecule has 2 aliphatic carbocycles. The highest BCUT2D eigenvalue weighted by Gasteiger charge is 2.60. The normalized spacial score (nSPS) is 27.7. The summed E-state index contributed by atoms with van der Waals surface area (Å²) < 4.78 is 67.9. The van der Waals surface area contributed by atoms with Gasteiger partial charge in [0.25, 0.3) is 10.2 Å². The van der Waals surface area contributed by atoms with E-state index < -0.39 is 28.5 Å². The van der Waals surface area contributed by atoms with Crippen LogP contribution >= 0.6 is 11.3 Å². The SMILES string of the molecule is O=S1(=O)NC2(CN1CC(F)(F)F)C1CCC2Cc2cc(-c3ncc(-c4ccccn4)s3)ccc2C1. The van der Waals surface area contributed by atoms with Crippen molar-refractivity contribution in [3.63, 3.8) is 0 Å². The second kappa shape index (κ2) is 8.09. The number of aromatic nitrogens is 2. The van der Waals surface area contributed by atoms with Crippen LogP contribution in [0.15, 0.2) is 48.8 Å². The van der Waals surface area contributed by atoms with Crippen molar-refractivity contribution in [2.24, 2.45) is 11.8 Å². The third kappa shape index (κ3) is 4.08. The summed E-state index contributed by atoms with van der Waals surface area (Å²) in [5, 5.41) is 0.871. The maximum atomic E-state index is 13.1. The first-order valence-electron chi connectivity index (χ1n) is 11.5. The summed E-state index contributed by atoms with van der Waals surface area (Å²) in [5.41, 5.74) is 3.24. The van der Waals surface area contributed by atoms with Crippen LogP contribution in [0.1, 0.15) is 24.0 Å². The topological polar surface area (TPSA) is 75.2 Å². The minimum atomic E-state index is -4.58. The Morgan fingerprint density at radius 1 is 1.09 bits per heavy atom. The third-order valence-electron chi connectivity index (χ3n) is 7.58. The van der Waals surface area contributed by atoms with E-state index in [1.807, 2.05) is 30.5 Å². The number of hydrogen-bond donors (Lipinski definition) is 1. The number of fused-ring (bicyclic) bond motifs is 1. The summed E-state index contributed by atoms with van der Waals surface area (Å²) in [6, 6.07) is 11.9. The summed E-state index contributed by atoms with van der Waals surface area (Å²) in [4.78, 5) is 9.95. The predicted octanol–water partition coefficient (Wildman–Crippen LogP) is 4.45. The lowest BCUT2D eigenvalue weighted by Crippen LogP contribution is -2.52. The quantitative estimate of drug-likeness (QED) is 0.554. The van der Waals surface area contributed by atoms with Gasteiger partial charge < -0.3 is 0 Å². The summed E-state index contributed by atoms with van der Waals surface area (Å²) >= 11 is 1.56. The van der Waals surface area contributed by atoms with E-state index in [1.54, 1.807) is 17.5 Å². The molecule has 3 aromatic rings.